The second kappa shape index (κ2) is 30.9. The smallest absolute Gasteiger partial charge is 0.410 e. The molecule has 2 aliphatic rings. The van der Waals surface area contributed by atoms with Gasteiger partial charge >= 0.3 is 18.2 Å². The van der Waals surface area contributed by atoms with E-state index in [-0.39, 0.29) is 42.0 Å². The van der Waals surface area contributed by atoms with E-state index in [0.717, 1.165) is 11.3 Å². The molecular weight excluding hydrogens is 963 g/mol. The van der Waals surface area contributed by atoms with E-state index >= 15 is 0 Å². The number of nitrogens with zero attached hydrogens (tertiary/aromatic N) is 5. The van der Waals surface area contributed by atoms with Crippen LogP contribution in [0.3, 0.4) is 0 Å². The zero-order valence-electron chi connectivity index (χ0n) is 44.4. The summed E-state index contributed by atoms with van der Waals surface area (Å²) in [4.78, 5) is 47.0. The molecule has 76 heavy (non-hydrogen) atoms. The predicted octanol–water partition coefficient (Wildman–Crippen LogP) is 12.6. The second-order valence-corrected chi connectivity index (χ2v) is 18.7. The summed E-state index contributed by atoms with van der Waals surface area (Å²) < 4.78 is 34.4. The van der Waals surface area contributed by atoms with Crippen molar-refractivity contribution in [2.24, 2.45) is 0 Å². The van der Waals surface area contributed by atoms with Gasteiger partial charge in [0.2, 0.25) is 0 Å². The largest absolute Gasteiger partial charge is 0.465 e. The SMILES string of the molecule is C[C@@H]1CN(Cc2cccc(N)c2F)CCN1C(=O)OCc1ccccc1.Cc1ccc(NC(=O)Nc2cccc(CN3CCN(C(=O)O)[C@H](C)C3)c2F)cn1.Cc1ccccc1.Cc1ccccc1.Cc1ccccc1. The molecule has 2 fully saturated rings. The summed E-state index contributed by atoms with van der Waals surface area (Å²) in [7, 11) is 0. The Morgan fingerprint density at radius 2 is 1.07 bits per heavy atom. The number of amides is 4. The first kappa shape index (κ1) is 58.7. The molecule has 1 aromatic heterocycles. The molecule has 0 bridgehead atoms. The third kappa shape index (κ3) is 20.3. The Bertz CT molecular complexity index is 2740. The third-order valence-corrected chi connectivity index (χ3v) is 12.3. The Morgan fingerprint density at radius 3 is 1.51 bits per heavy atom. The van der Waals surface area contributed by atoms with Gasteiger partial charge in [0, 0.05) is 81.3 Å². The molecule has 9 rings (SSSR count). The van der Waals surface area contributed by atoms with E-state index in [1.165, 1.54) is 33.9 Å². The molecule has 13 nitrogen and oxygen atoms in total. The molecule has 0 spiro atoms. The molecule has 0 unspecified atom stereocenters. The lowest BCUT2D eigenvalue weighted by Crippen LogP contribution is -2.53. The standard InChI is InChI=1S/C20H24FN5O3.C20H24FN3O2.3C7H8/c1-13-6-7-16(10-22-13)23-19(27)24-17-5-3-4-15(18(17)21)12-25-8-9-26(20(28)29)14(2)11-25;1-15-12-23(13-17-8-5-9-18(22)19(17)21)10-11-24(15)20(25)26-14-16-6-3-2-4-7-16;3*1-7-5-3-2-4-6-7/h3-7,10,14H,8-9,11-12H2,1-2H3,(H,28,29)(H2,23,24,27);2-9,15H,10-14,22H2,1H3;3*2-6H,1H3/t14-;15-;;;/m11.../s1. The highest BCUT2D eigenvalue weighted by Crippen LogP contribution is 2.23. The monoisotopic (exact) mass is 1030 g/mol. The number of piperazine rings is 2. The molecule has 4 amide bonds. The maximum absolute atomic E-state index is 14.9. The number of pyridine rings is 1. The minimum Gasteiger partial charge on any atom is -0.465 e. The van der Waals surface area contributed by atoms with E-state index in [1.807, 2.05) is 111 Å². The molecule has 400 valence electrons. The lowest BCUT2D eigenvalue weighted by atomic mass is 10.1. The van der Waals surface area contributed by atoms with Crippen LogP contribution in [0.5, 0.6) is 0 Å². The van der Waals surface area contributed by atoms with E-state index in [2.05, 4.69) is 77.7 Å². The van der Waals surface area contributed by atoms with E-state index in [9.17, 15) is 23.2 Å². The van der Waals surface area contributed by atoms with Crippen LogP contribution in [0.25, 0.3) is 0 Å². The molecule has 6 aromatic carbocycles. The van der Waals surface area contributed by atoms with E-state index in [0.29, 0.717) is 69.2 Å². The molecule has 5 N–H and O–H groups in total. The van der Waals surface area contributed by atoms with Gasteiger partial charge in [-0.05, 0) is 71.4 Å². The minimum atomic E-state index is -0.940. The quantitative estimate of drug-likeness (QED) is 0.109. The van der Waals surface area contributed by atoms with Crippen LogP contribution < -0.4 is 16.4 Å². The fraction of sp³-hybridized carbons (Fsp3) is 0.279. The number of rotatable bonds is 8. The van der Waals surface area contributed by atoms with Crippen molar-refractivity contribution in [3.05, 3.63) is 227 Å². The topological polar surface area (TPSA) is 157 Å². The van der Waals surface area contributed by atoms with Crippen LogP contribution >= 0.6 is 0 Å². The summed E-state index contributed by atoms with van der Waals surface area (Å²) in [6, 6.07) is 53.0. The Labute approximate surface area is 447 Å². The summed E-state index contributed by atoms with van der Waals surface area (Å²) >= 11 is 0. The van der Waals surface area contributed by atoms with Gasteiger partial charge in [-0.2, -0.15) is 0 Å². The molecule has 0 saturated carbocycles. The van der Waals surface area contributed by atoms with Crippen molar-refractivity contribution < 1.29 is 33.0 Å². The van der Waals surface area contributed by atoms with Gasteiger partial charge < -0.3 is 36.0 Å². The highest BCUT2D eigenvalue weighted by Gasteiger charge is 2.30. The molecule has 2 atom stereocenters. The number of ether oxygens (including phenoxy) is 1. The van der Waals surface area contributed by atoms with Crippen LogP contribution in [0.15, 0.2) is 176 Å². The number of hydrogen-bond donors (Lipinski definition) is 4. The average Bonchev–Trinajstić information content (AvgIpc) is 3.41. The predicted molar refractivity (Wildman–Crippen MR) is 300 cm³/mol. The number of urea groups is 1. The van der Waals surface area contributed by atoms with Gasteiger partial charge in [0.15, 0.2) is 11.6 Å². The fourth-order valence-electron chi connectivity index (χ4n) is 8.14. The van der Waals surface area contributed by atoms with E-state index in [4.69, 9.17) is 15.6 Å². The van der Waals surface area contributed by atoms with Gasteiger partial charge in [0.05, 0.1) is 23.3 Å². The van der Waals surface area contributed by atoms with Gasteiger partial charge in [0.25, 0.3) is 0 Å². The minimum absolute atomic E-state index is 0.00357. The molecule has 3 heterocycles. The molecule has 2 saturated heterocycles. The number of carbonyl (C=O) groups is 3. The summed E-state index contributed by atoms with van der Waals surface area (Å²) in [5.74, 6) is -0.858. The number of aryl methyl sites for hydroxylation is 4. The number of hydrogen-bond acceptors (Lipinski definition) is 8. The van der Waals surface area contributed by atoms with Crippen molar-refractivity contribution in [2.75, 3.05) is 55.6 Å². The number of anilines is 3. The van der Waals surface area contributed by atoms with E-state index in [1.54, 1.807) is 47.4 Å². The highest BCUT2D eigenvalue weighted by molar-refractivity contribution is 5.99. The van der Waals surface area contributed by atoms with Gasteiger partial charge in [0.1, 0.15) is 6.61 Å². The van der Waals surface area contributed by atoms with Crippen LogP contribution in [0.4, 0.5) is 40.2 Å². The van der Waals surface area contributed by atoms with Crippen LogP contribution in [-0.2, 0) is 24.4 Å². The fourth-order valence-corrected chi connectivity index (χ4v) is 8.14. The van der Waals surface area contributed by atoms with Crippen molar-refractivity contribution in [2.45, 2.75) is 73.3 Å². The van der Waals surface area contributed by atoms with Crippen molar-refractivity contribution >= 4 is 35.3 Å². The van der Waals surface area contributed by atoms with Crippen LogP contribution in [0, 0.1) is 39.3 Å². The molecule has 2 aliphatic heterocycles. The Morgan fingerprint density at radius 1 is 0.592 bits per heavy atom. The number of nitrogen functional groups attached to an aromatic ring is 1. The Kier molecular flexibility index (Phi) is 23.9. The van der Waals surface area contributed by atoms with Gasteiger partial charge in [-0.1, -0.05) is 162 Å². The number of benzene rings is 6. The summed E-state index contributed by atoms with van der Waals surface area (Å²) in [6.45, 7) is 16.3. The molecule has 7 aromatic rings. The van der Waals surface area contributed by atoms with E-state index < -0.39 is 17.9 Å². The maximum atomic E-state index is 14.9. The summed E-state index contributed by atoms with van der Waals surface area (Å²) in [5, 5.41) is 14.3. The van der Waals surface area contributed by atoms with Crippen molar-refractivity contribution in [3.63, 3.8) is 0 Å². The lowest BCUT2D eigenvalue weighted by molar-refractivity contribution is 0.0455. The zero-order chi connectivity index (χ0) is 54.8. The number of carboxylic acid groups (broad SMARTS) is 1. The normalized spacial score (nSPS) is 15.1. The number of halogens is 2. The number of aromatic nitrogens is 1. The zero-order valence-corrected chi connectivity index (χ0v) is 44.4. The molecular formula is C61H72F2N8O5. The first-order chi connectivity index (χ1) is 36.6. The van der Waals surface area contributed by atoms with Crippen molar-refractivity contribution in [1.82, 2.24) is 24.6 Å². The van der Waals surface area contributed by atoms with Crippen LogP contribution in [0.2, 0.25) is 0 Å². The van der Waals surface area contributed by atoms with Gasteiger partial charge in [-0.3, -0.25) is 14.8 Å². The molecule has 0 radical (unpaired) electrons. The Hall–Kier alpha value is -8.14. The molecule has 15 heteroatoms. The van der Waals surface area contributed by atoms with Crippen LogP contribution in [-0.4, -0.2) is 99.3 Å². The third-order valence-electron chi connectivity index (χ3n) is 12.3. The van der Waals surface area contributed by atoms with Crippen molar-refractivity contribution in [3.8, 4) is 0 Å². The van der Waals surface area contributed by atoms with Gasteiger partial charge in [-0.15, -0.1) is 0 Å². The first-order valence-electron chi connectivity index (χ1n) is 25.3. The first-order valence-corrected chi connectivity index (χ1v) is 25.3. The summed E-state index contributed by atoms with van der Waals surface area (Å²) in [5.41, 5.74) is 13.2. The Balaban J connectivity index is 0.000000203. The average molecular weight is 1040 g/mol. The number of carbonyl (C=O) groups excluding carboxylic acids is 2. The molecule has 0 aliphatic carbocycles. The number of nitrogens with one attached hydrogen (secondary N) is 2. The van der Waals surface area contributed by atoms with Gasteiger partial charge in [-0.25, -0.2) is 23.2 Å². The van der Waals surface area contributed by atoms with Crippen molar-refractivity contribution in [1.29, 1.82) is 0 Å². The highest BCUT2D eigenvalue weighted by atomic mass is 19.1. The lowest BCUT2D eigenvalue weighted by Gasteiger charge is -2.39. The summed E-state index contributed by atoms with van der Waals surface area (Å²) in [6.07, 6.45) is 0.278. The van der Waals surface area contributed by atoms with Crippen LogP contribution in [0.1, 0.15) is 52.9 Å². The maximum Gasteiger partial charge on any atom is 0.410 e. The second-order valence-electron chi connectivity index (χ2n) is 18.7. The number of nitrogens with two attached hydrogens (primary N) is 1.